The van der Waals surface area contributed by atoms with Gasteiger partial charge in [0.15, 0.2) is 5.82 Å². The van der Waals surface area contributed by atoms with Gasteiger partial charge in [0.25, 0.3) is 0 Å². The second-order valence-corrected chi connectivity index (χ2v) is 5.46. The lowest BCUT2D eigenvalue weighted by Crippen LogP contribution is -1.83. The summed E-state index contributed by atoms with van der Waals surface area (Å²) in [5, 5.41) is 1.93. The topological polar surface area (TPSA) is 37.9 Å². The molecule has 0 aliphatic rings. The van der Waals surface area contributed by atoms with Crippen LogP contribution in [0.4, 0.5) is 4.39 Å². The van der Waals surface area contributed by atoms with Gasteiger partial charge in [0.05, 0.1) is 22.6 Å². The van der Waals surface area contributed by atoms with E-state index >= 15 is 0 Å². The Morgan fingerprint density at radius 2 is 2.28 bits per heavy atom. The maximum absolute atomic E-state index is 13.4. The van der Waals surface area contributed by atoms with E-state index in [0.29, 0.717) is 21.3 Å². The summed E-state index contributed by atoms with van der Waals surface area (Å²) in [6.07, 6.45) is 0. The predicted molar refractivity (Wildman–Crippen MR) is 73.6 cm³/mol. The van der Waals surface area contributed by atoms with Crippen LogP contribution in [0.15, 0.2) is 28.1 Å². The molecule has 2 aromatic heterocycles. The summed E-state index contributed by atoms with van der Waals surface area (Å²) < 4.78 is 19.1. The third-order valence-corrected chi connectivity index (χ3v) is 4.10. The van der Waals surface area contributed by atoms with E-state index in [1.54, 1.807) is 13.2 Å². The molecular formula is C12H8BrFN2OS. The van der Waals surface area contributed by atoms with E-state index in [-0.39, 0.29) is 5.82 Å². The first-order valence-electron chi connectivity index (χ1n) is 5.15. The molecule has 0 unspecified atom stereocenters. The monoisotopic (exact) mass is 326 g/mol. The lowest BCUT2D eigenvalue weighted by Gasteiger charge is -1.97. The summed E-state index contributed by atoms with van der Waals surface area (Å²) in [7, 11) is 1.62. The lowest BCUT2D eigenvalue weighted by atomic mass is 10.3. The summed E-state index contributed by atoms with van der Waals surface area (Å²) in [6.45, 7) is 0. The zero-order chi connectivity index (χ0) is 12.7. The van der Waals surface area contributed by atoms with Crippen LogP contribution in [0, 0.1) is 5.82 Å². The summed E-state index contributed by atoms with van der Waals surface area (Å²) in [5.41, 5.74) is 1.38. The van der Waals surface area contributed by atoms with Gasteiger partial charge in [-0.25, -0.2) is 9.37 Å². The normalized spacial score (nSPS) is 11.1. The van der Waals surface area contributed by atoms with Gasteiger partial charge in [0.2, 0.25) is 0 Å². The number of hydrogen-bond donors (Lipinski definition) is 1. The molecule has 2 heterocycles. The highest BCUT2D eigenvalue weighted by atomic mass is 79.9. The molecule has 0 radical (unpaired) electrons. The van der Waals surface area contributed by atoms with Gasteiger partial charge >= 0.3 is 0 Å². The fraction of sp³-hybridized carbons (Fsp3) is 0.0833. The van der Waals surface area contributed by atoms with Crippen LogP contribution in [-0.4, -0.2) is 17.1 Å². The van der Waals surface area contributed by atoms with Crippen molar-refractivity contribution in [2.75, 3.05) is 7.11 Å². The number of aromatic amines is 1. The van der Waals surface area contributed by atoms with Crippen LogP contribution >= 0.6 is 27.3 Å². The highest BCUT2D eigenvalue weighted by molar-refractivity contribution is 9.10. The number of halogens is 2. The highest BCUT2D eigenvalue weighted by Crippen LogP contribution is 2.35. The fourth-order valence-electron chi connectivity index (χ4n) is 1.74. The summed E-state index contributed by atoms with van der Waals surface area (Å²) in [5.74, 6) is 1.14. The molecule has 1 aromatic carbocycles. The molecule has 0 atom stereocenters. The van der Waals surface area contributed by atoms with E-state index in [0.717, 1.165) is 10.6 Å². The smallest absolute Gasteiger partial charge is 0.152 e. The summed E-state index contributed by atoms with van der Waals surface area (Å²) in [4.78, 5) is 8.45. The Kier molecular flexibility index (Phi) is 2.83. The van der Waals surface area contributed by atoms with E-state index in [2.05, 4.69) is 25.9 Å². The van der Waals surface area contributed by atoms with Crippen LogP contribution in [0.3, 0.4) is 0 Å². The first kappa shape index (κ1) is 11.7. The molecule has 3 rings (SSSR count). The van der Waals surface area contributed by atoms with Crippen molar-refractivity contribution >= 4 is 38.3 Å². The van der Waals surface area contributed by atoms with Crippen molar-refractivity contribution in [1.29, 1.82) is 0 Å². The van der Waals surface area contributed by atoms with Crippen LogP contribution in [0.1, 0.15) is 0 Å². The van der Waals surface area contributed by atoms with Gasteiger partial charge in [-0.3, -0.25) is 0 Å². The van der Waals surface area contributed by atoms with Crippen LogP contribution in [0.2, 0.25) is 0 Å². The number of ether oxygens (including phenoxy) is 1. The lowest BCUT2D eigenvalue weighted by molar-refractivity contribution is 0.418. The van der Waals surface area contributed by atoms with E-state index < -0.39 is 0 Å². The number of fused-ring (bicyclic) bond motifs is 1. The molecule has 18 heavy (non-hydrogen) atoms. The van der Waals surface area contributed by atoms with Gasteiger partial charge in [0, 0.05) is 6.07 Å². The van der Waals surface area contributed by atoms with Gasteiger partial charge in [-0.2, -0.15) is 0 Å². The fourth-order valence-corrected chi connectivity index (χ4v) is 2.88. The molecule has 0 aliphatic carbocycles. The van der Waals surface area contributed by atoms with Crippen molar-refractivity contribution in [2.24, 2.45) is 0 Å². The SMILES string of the molecule is COc1ccsc1-c1nc2cc(Br)c(F)cc2[nH]1. The third kappa shape index (κ3) is 1.81. The molecule has 3 aromatic rings. The maximum Gasteiger partial charge on any atom is 0.152 e. The second-order valence-electron chi connectivity index (χ2n) is 3.69. The number of nitrogens with one attached hydrogen (secondary N) is 1. The number of thiophene rings is 1. The Morgan fingerprint density at radius 1 is 1.44 bits per heavy atom. The molecule has 0 spiro atoms. The van der Waals surface area contributed by atoms with Crippen molar-refractivity contribution < 1.29 is 9.13 Å². The number of aromatic nitrogens is 2. The highest BCUT2D eigenvalue weighted by Gasteiger charge is 2.13. The van der Waals surface area contributed by atoms with Gasteiger partial charge in [-0.1, -0.05) is 0 Å². The van der Waals surface area contributed by atoms with Crippen LogP contribution in [0.5, 0.6) is 5.75 Å². The average Bonchev–Trinajstić information content (AvgIpc) is 2.95. The molecule has 6 heteroatoms. The molecule has 0 bridgehead atoms. The number of imidazole rings is 1. The van der Waals surface area contributed by atoms with E-state index in [4.69, 9.17) is 4.74 Å². The van der Waals surface area contributed by atoms with Crippen LogP contribution < -0.4 is 4.74 Å². The molecule has 0 saturated heterocycles. The molecule has 1 N–H and O–H groups in total. The Bertz CT molecular complexity index is 683. The molecule has 0 fully saturated rings. The van der Waals surface area contributed by atoms with Gasteiger partial charge in [-0.05, 0) is 33.4 Å². The molecule has 0 amide bonds. The molecule has 92 valence electrons. The standard InChI is InChI=1S/C12H8BrFN2OS/c1-17-10-2-3-18-11(10)12-15-8-4-6(13)7(14)5-9(8)16-12/h2-5H,1H3,(H,15,16). The van der Waals surface area contributed by atoms with Crippen molar-refractivity contribution in [2.45, 2.75) is 0 Å². The van der Waals surface area contributed by atoms with Gasteiger partial charge in [-0.15, -0.1) is 11.3 Å². The number of methoxy groups -OCH3 is 1. The first-order valence-corrected chi connectivity index (χ1v) is 6.83. The van der Waals surface area contributed by atoms with Crippen LogP contribution in [-0.2, 0) is 0 Å². The second kappa shape index (κ2) is 4.37. The Morgan fingerprint density at radius 3 is 3.06 bits per heavy atom. The minimum Gasteiger partial charge on any atom is -0.495 e. The predicted octanol–water partition coefficient (Wildman–Crippen LogP) is 4.20. The van der Waals surface area contributed by atoms with E-state index in [9.17, 15) is 4.39 Å². The van der Waals surface area contributed by atoms with Crippen molar-refractivity contribution in [3.63, 3.8) is 0 Å². The first-order chi connectivity index (χ1) is 8.69. The Hall–Kier alpha value is -1.40. The van der Waals surface area contributed by atoms with E-state index in [1.165, 1.54) is 17.4 Å². The van der Waals surface area contributed by atoms with Gasteiger partial charge in [0.1, 0.15) is 16.4 Å². The van der Waals surface area contributed by atoms with Crippen molar-refractivity contribution in [3.05, 3.63) is 33.9 Å². The third-order valence-electron chi connectivity index (χ3n) is 2.59. The average molecular weight is 327 g/mol. The number of benzene rings is 1. The number of rotatable bonds is 2. The molecular weight excluding hydrogens is 319 g/mol. The van der Waals surface area contributed by atoms with Crippen molar-refractivity contribution in [1.82, 2.24) is 9.97 Å². The van der Waals surface area contributed by atoms with Crippen molar-refractivity contribution in [3.8, 4) is 16.5 Å². The Balaban J connectivity index is 2.19. The zero-order valence-electron chi connectivity index (χ0n) is 9.33. The molecule has 3 nitrogen and oxygen atoms in total. The van der Waals surface area contributed by atoms with Crippen LogP contribution in [0.25, 0.3) is 21.7 Å². The summed E-state index contributed by atoms with van der Waals surface area (Å²) in [6, 6.07) is 4.96. The number of nitrogens with zero attached hydrogens (tertiary/aromatic N) is 1. The number of hydrogen-bond acceptors (Lipinski definition) is 3. The minimum atomic E-state index is -0.309. The Labute approximate surface area is 115 Å². The maximum atomic E-state index is 13.4. The molecule has 0 saturated carbocycles. The quantitative estimate of drug-likeness (QED) is 0.766. The number of H-pyrrole nitrogens is 1. The summed E-state index contributed by atoms with van der Waals surface area (Å²) >= 11 is 4.68. The zero-order valence-corrected chi connectivity index (χ0v) is 11.7. The minimum absolute atomic E-state index is 0.309. The van der Waals surface area contributed by atoms with Gasteiger partial charge < -0.3 is 9.72 Å². The molecule has 0 aliphatic heterocycles. The van der Waals surface area contributed by atoms with E-state index in [1.807, 2.05) is 11.4 Å². The largest absolute Gasteiger partial charge is 0.495 e.